The second kappa shape index (κ2) is 15.0. The van der Waals surface area contributed by atoms with E-state index in [4.69, 9.17) is 8.92 Å². The predicted molar refractivity (Wildman–Crippen MR) is 182 cm³/mol. The smallest absolute Gasteiger partial charge is 0.321 e. The van der Waals surface area contributed by atoms with E-state index in [1.165, 1.54) is 6.92 Å². The van der Waals surface area contributed by atoms with E-state index in [1.807, 2.05) is 32.8 Å². The monoisotopic (exact) mass is 711 g/mol. The summed E-state index contributed by atoms with van der Waals surface area (Å²) in [6.45, 7) is 4.97. The molecule has 1 fully saturated rings. The van der Waals surface area contributed by atoms with Crippen molar-refractivity contribution in [3.63, 3.8) is 0 Å². The van der Waals surface area contributed by atoms with Crippen LogP contribution in [0.4, 0.5) is 16.2 Å². The van der Waals surface area contributed by atoms with Gasteiger partial charge in [-0.2, -0.15) is 8.42 Å². The Balaban J connectivity index is 1.67. The Labute approximate surface area is 283 Å². The van der Waals surface area contributed by atoms with Crippen molar-refractivity contribution >= 4 is 37.4 Å². The molecule has 0 aliphatic carbocycles. The minimum atomic E-state index is -3.83. The van der Waals surface area contributed by atoms with Gasteiger partial charge in [0, 0.05) is 42.7 Å². The number of nitrogens with one attached hydrogen (secondary N) is 2. The lowest BCUT2D eigenvalue weighted by atomic mass is 9.69. The molecular formula is C33H49N3O10S2. The summed E-state index contributed by atoms with van der Waals surface area (Å²) in [6, 6.07) is 11.2. The largest absolute Gasteiger partial charge is 0.392 e. The maximum absolute atomic E-state index is 13.9. The Morgan fingerprint density at radius 3 is 2.44 bits per heavy atom. The van der Waals surface area contributed by atoms with Gasteiger partial charge in [-0.05, 0) is 54.3 Å². The van der Waals surface area contributed by atoms with Gasteiger partial charge in [-0.3, -0.25) is 4.18 Å². The highest BCUT2D eigenvalue weighted by molar-refractivity contribution is 7.91. The van der Waals surface area contributed by atoms with Gasteiger partial charge in [0.25, 0.3) is 10.1 Å². The van der Waals surface area contributed by atoms with Crippen molar-refractivity contribution in [3.8, 4) is 0 Å². The third kappa shape index (κ3) is 8.32. The number of hydrogen-bond acceptors (Lipinski definition) is 11. The number of sulfone groups is 1. The van der Waals surface area contributed by atoms with Crippen LogP contribution in [0.3, 0.4) is 0 Å². The van der Waals surface area contributed by atoms with Crippen LogP contribution in [-0.2, 0) is 28.9 Å². The van der Waals surface area contributed by atoms with Crippen LogP contribution in [0.15, 0.2) is 47.4 Å². The maximum atomic E-state index is 13.9. The van der Waals surface area contributed by atoms with E-state index in [2.05, 4.69) is 10.6 Å². The average Bonchev–Trinajstić information content (AvgIpc) is 3.09. The zero-order valence-electron chi connectivity index (χ0n) is 28.3. The fourth-order valence-electron chi connectivity index (χ4n) is 6.72. The minimum absolute atomic E-state index is 0.175. The van der Waals surface area contributed by atoms with E-state index in [0.29, 0.717) is 29.7 Å². The molecule has 0 aromatic heterocycles. The van der Waals surface area contributed by atoms with E-state index in [-0.39, 0.29) is 10.6 Å². The topological polar surface area (TPSA) is 192 Å². The number of aliphatic hydroxyl groups is 3. The normalized spacial score (nSPS) is 30.1. The molecule has 48 heavy (non-hydrogen) atoms. The Hall–Kier alpha value is -2.79. The highest BCUT2D eigenvalue weighted by Crippen LogP contribution is 2.49. The molecule has 8 atom stereocenters. The second-order valence-corrected chi connectivity index (χ2v) is 16.9. The molecule has 15 heteroatoms. The first-order valence-corrected chi connectivity index (χ1v) is 19.7. The molecule has 13 nitrogen and oxygen atoms in total. The molecule has 0 radical (unpaired) electrons. The van der Waals surface area contributed by atoms with Gasteiger partial charge in [-0.25, -0.2) is 13.2 Å². The number of rotatable bonds is 11. The number of carbonyl (C=O) groups is 1. The van der Waals surface area contributed by atoms with E-state index >= 15 is 0 Å². The van der Waals surface area contributed by atoms with Crippen molar-refractivity contribution in [1.29, 1.82) is 0 Å². The average molecular weight is 712 g/mol. The Kier molecular flexibility index (Phi) is 11.9. The van der Waals surface area contributed by atoms with Crippen LogP contribution in [0, 0.1) is 11.3 Å². The molecule has 2 heterocycles. The predicted octanol–water partition coefficient (Wildman–Crippen LogP) is 2.80. The van der Waals surface area contributed by atoms with Gasteiger partial charge in [-0.15, -0.1) is 0 Å². The molecular weight excluding hydrogens is 663 g/mol. The lowest BCUT2D eigenvalue weighted by molar-refractivity contribution is -0.207. The highest BCUT2D eigenvalue weighted by Gasteiger charge is 2.49. The van der Waals surface area contributed by atoms with Crippen LogP contribution in [-0.4, -0.2) is 102 Å². The number of fused-ring (bicyclic) bond motifs is 1. The third-order valence-corrected chi connectivity index (χ3v) is 12.2. The molecule has 4 rings (SSSR count). The standard InChI is InChI=1S/C33H49N3O10S2/c1-7-9-15-33(8-2)19-48(43,44)26-14-13-23(36(4)5)17-24(26)27(30(33)39)21-11-10-12-22(16-21)34-32(40)35-31-29(38)20(3)28(37)25(46-31)18-45-47(6,41)42/h10-14,16-17,20,25,27-31,37-39H,7-9,15,18-19H2,1-6H3,(H2,34,35,40)/t20-,25+,27-,28-,29+,30-,31+,33+/m0/s1. The van der Waals surface area contributed by atoms with Crippen LogP contribution < -0.4 is 15.5 Å². The summed E-state index contributed by atoms with van der Waals surface area (Å²) in [5.74, 6) is -1.71. The van der Waals surface area contributed by atoms with E-state index < -0.39 is 80.5 Å². The lowest BCUT2D eigenvalue weighted by Crippen LogP contribution is -2.60. The maximum Gasteiger partial charge on any atom is 0.321 e. The minimum Gasteiger partial charge on any atom is -0.392 e. The summed E-state index contributed by atoms with van der Waals surface area (Å²) in [4.78, 5) is 15.2. The fraction of sp³-hybridized carbons (Fsp3) is 0.606. The van der Waals surface area contributed by atoms with Gasteiger partial charge in [0.05, 0.1) is 35.7 Å². The third-order valence-electron chi connectivity index (χ3n) is 9.65. The molecule has 0 unspecified atom stereocenters. The highest BCUT2D eigenvalue weighted by atomic mass is 32.2. The van der Waals surface area contributed by atoms with Crippen molar-refractivity contribution in [2.24, 2.45) is 11.3 Å². The van der Waals surface area contributed by atoms with Gasteiger partial charge in [0.1, 0.15) is 12.2 Å². The summed E-state index contributed by atoms with van der Waals surface area (Å²) in [5.41, 5.74) is 1.28. The first-order valence-electron chi connectivity index (χ1n) is 16.2. The van der Waals surface area contributed by atoms with Crippen LogP contribution in [0.2, 0.25) is 0 Å². The molecule has 5 N–H and O–H groups in total. The Bertz CT molecular complexity index is 1670. The van der Waals surface area contributed by atoms with E-state index in [0.717, 1.165) is 24.8 Å². The summed E-state index contributed by atoms with van der Waals surface area (Å²) in [6.07, 6.45) is -2.64. The number of aliphatic hydroxyl groups excluding tert-OH is 3. The van der Waals surface area contributed by atoms with Gasteiger partial charge in [0.2, 0.25) is 0 Å². The second-order valence-electron chi connectivity index (χ2n) is 13.3. The van der Waals surface area contributed by atoms with Gasteiger partial charge < -0.3 is 35.6 Å². The van der Waals surface area contributed by atoms with Crippen molar-refractivity contribution in [1.82, 2.24) is 5.32 Å². The zero-order chi connectivity index (χ0) is 35.6. The van der Waals surface area contributed by atoms with Crippen molar-refractivity contribution < 1.29 is 45.9 Å². The first-order chi connectivity index (χ1) is 22.4. The van der Waals surface area contributed by atoms with E-state index in [9.17, 15) is 36.9 Å². The molecule has 2 amide bonds. The number of urea groups is 1. The Morgan fingerprint density at radius 1 is 1.10 bits per heavy atom. The van der Waals surface area contributed by atoms with Crippen LogP contribution in [0.1, 0.15) is 63.5 Å². The van der Waals surface area contributed by atoms with Crippen molar-refractivity contribution in [3.05, 3.63) is 53.6 Å². The van der Waals surface area contributed by atoms with Crippen LogP contribution in [0.5, 0.6) is 0 Å². The molecule has 2 aromatic rings. The molecule has 2 aromatic carbocycles. The van der Waals surface area contributed by atoms with Crippen molar-refractivity contribution in [2.75, 3.05) is 42.9 Å². The number of carbonyl (C=O) groups excluding carboxylic acids is 1. The van der Waals surface area contributed by atoms with E-state index in [1.54, 1.807) is 42.5 Å². The number of hydrogen-bond donors (Lipinski definition) is 5. The number of amides is 2. The fourth-order valence-corrected chi connectivity index (χ4v) is 9.36. The molecule has 0 bridgehead atoms. The zero-order valence-corrected chi connectivity index (χ0v) is 29.9. The van der Waals surface area contributed by atoms with Crippen LogP contribution in [0.25, 0.3) is 0 Å². The lowest BCUT2D eigenvalue weighted by Gasteiger charge is -2.41. The van der Waals surface area contributed by atoms with Gasteiger partial charge in [-0.1, -0.05) is 45.7 Å². The number of nitrogens with zero attached hydrogens (tertiary/aromatic N) is 1. The number of unbranched alkanes of at least 4 members (excludes halogenated alkanes) is 1. The molecule has 2 aliphatic heterocycles. The number of benzene rings is 2. The summed E-state index contributed by atoms with van der Waals surface area (Å²) >= 11 is 0. The van der Waals surface area contributed by atoms with Crippen molar-refractivity contribution in [2.45, 2.75) is 87.9 Å². The van der Waals surface area contributed by atoms with Gasteiger partial charge in [0.15, 0.2) is 16.1 Å². The quantitative estimate of drug-likeness (QED) is 0.216. The molecule has 1 saturated heterocycles. The summed E-state index contributed by atoms with van der Waals surface area (Å²) < 4.78 is 61.3. The Morgan fingerprint density at radius 2 is 1.81 bits per heavy atom. The molecule has 0 saturated carbocycles. The molecule has 2 aliphatic rings. The summed E-state index contributed by atoms with van der Waals surface area (Å²) in [5, 5.41) is 38.7. The SMILES string of the molecule is CCCC[C@]1(CC)CS(=O)(=O)c2ccc(N(C)C)cc2[C@H](c2cccc(NC(=O)N[C@@H]3O[C@H](COS(C)(=O)=O)[C@@H](O)[C@H](C)[C@H]3O)c2)[C@@H]1O. The molecule has 0 spiro atoms. The number of anilines is 2. The van der Waals surface area contributed by atoms with Gasteiger partial charge >= 0.3 is 6.03 Å². The first kappa shape index (κ1) is 38.0. The molecule has 268 valence electrons. The summed E-state index contributed by atoms with van der Waals surface area (Å²) in [7, 11) is -3.90. The number of ether oxygens (including phenoxy) is 1. The van der Waals surface area contributed by atoms with Crippen LogP contribution >= 0.6 is 0 Å².